The lowest BCUT2D eigenvalue weighted by Crippen LogP contribution is -2.27. The third kappa shape index (κ3) is 2.04. The second kappa shape index (κ2) is 4.17. The maximum absolute atomic E-state index is 13.1. The highest BCUT2D eigenvalue weighted by atomic mass is 19.1. The molecule has 2 rings (SSSR count). The van der Waals surface area contributed by atoms with Crippen molar-refractivity contribution in [2.75, 3.05) is 20.1 Å². The molecule has 0 aliphatic carbocycles. The molecule has 1 aromatic carbocycles. The highest BCUT2D eigenvalue weighted by Gasteiger charge is 2.40. The molecule has 1 aliphatic heterocycles. The van der Waals surface area contributed by atoms with Crippen LogP contribution in [0.2, 0.25) is 0 Å². The smallest absolute Gasteiger partial charge is 0.233 e. The van der Waals surface area contributed by atoms with Crippen LogP contribution in [0.4, 0.5) is 4.39 Å². The molecule has 0 N–H and O–H groups in total. The first kappa shape index (κ1) is 11.0. The fourth-order valence-corrected chi connectivity index (χ4v) is 2.26. The summed E-state index contributed by atoms with van der Waals surface area (Å²) in [6.45, 7) is 1.03. The predicted octanol–water partition coefficient (Wildman–Crippen LogP) is 1.50. The lowest BCUT2D eigenvalue weighted by atomic mass is 9.95. The normalized spacial score (nSPS) is 25.9. The molecule has 5 heteroatoms. The summed E-state index contributed by atoms with van der Waals surface area (Å²) in [5, 5.41) is 10.9. The Morgan fingerprint density at radius 2 is 2.25 bits per heavy atom. The van der Waals surface area contributed by atoms with Crippen LogP contribution in [0.3, 0.4) is 0 Å². The van der Waals surface area contributed by atoms with Gasteiger partial charge in [-0.3, -0.25) is 15.0 Å². The molecule has 0 saturated carbocycles. The van der Waals surface area contributed by atoms with Crippen molar-refractivity contribution in [1.82, 2.24) is 4.90 Å². The molecule has 4 nitrogen and oxygen atoms in total. The summed E-state index contributed by atoms with van der Waals surface area (Å²) < 4.78 is 13.1. The largest absolute Gasteiger partial charge is 0.299 e. The first-order valence-electron chi connectivity index (χ1n) is 5.15. The Balaban J connectivity index is 2.28. The van der Waals surface area contributed by atoms with Gasteiger partial charge < -0.3 is 0 Å². The summed E-state index contributed by atoms with van der Waals surface area (Å²) in [6.07, 6.45) is 0. The number of likely N-dealkylation sites (N-methyl/N-ethyl adjacent to an activating group) is 1. The zero-order valence-corrected chi connectivity index (χ0v) is 8.97. The standard InChI is InChI=1S/C11H13FN2O2/c1-13-6-10(11(7-13)14(15)16)8-3-2-4-9(12)5-8/h2-5,10-11H,6-7H2,1H3. The van der Waals surface area contributed by atoms with Gasteiger partial charge in [0.05, 0.1) is 12.5 Å². The van der Waals surface area contributed by atoms with Crippen molar-refractivity contribution in [3.8, 4) is 0 Å². The number of benzene rings is 1. The van der Waals surface area contributed by atoms with Crippen molar-refractivity contribution >= 4 is 0 Å². The van der Waals surface area contributed by atoms with Crippen molar-refractivity contribution in [1.29, 1.82) is 0 Å². The van der Waals surface area contributed by atoms with Gasteiger partial charge in [-0.2, -0.15) is 0 Å². The molecular formula is C11H13FN2O2. The van der Waals surface area contributed by atoms with E-state index >= 15 is 0 Å². The van der Waals surface area contributed by atoms with Gasteiger partial charge in [-0.05, 0) is 24.7 Å². The number of nitro groups is 1. The topological polar surface area (TPSA) is 46.4 Å². The zero-order valence-electron chi connectivity index (χ0n) is 8.97. The van der Waals surface area contributed by atoms with Crippen LogP contribution in [0.15, 0.2) is 24.3 Å². The van der Waals surface area contributed by atoms with Gasteiger partial charge in [-0.15, -0.1) is 0 Å². The van der Waals surface area contributed by atoms with Crippen molar-refractivity contribution < 1.29 is 9.31 Å². The maximum Gasteiger partial charge on any atom is 0.233 e. The minimum Gasteiger partial charge on any atom is -0.299 e. The van der Waals surface area contributed by atoms with E-state index < -0.39 is 6.04 Å². The van der Waals surface area contributed by atoms with Gasteiger partial charge in [0, 0.05) is 11.5 Å². The highest BCUT2D eigenvalue weighted by Crippen LogP contribution is 2.28. The van der Waals surface area contributed by atoms with Crippen LogP contribution in [0, 0.1) is 15.9 Å². The Kier molecular flexibility index (Phi) is 2.87. The number of halogens is 1. The summed E-state index contributed by atoms with van der Waals surface area (Å²) in [7, 11) is 1.84. The Bertz CT molecular complexity index is 411. The molecule has 0 bridgehead atoms. The first-order valence-corrected chi connectivity index (χ1v) is 5.15. The summed E-state index contributed by atoms with van der Waals surface area (Å²) in [4.78, 5) is 12.5. The molecule has 86 valence electrons. The zero-order chi connectivity index (χ0) is 11.7. The second-order valence-electron chi connectivity index (χ2n) is 4.24. The van der Waals surface area contributed by atoms with Gasteiger partial charge in [0.15, 0.2) is 0 Å². The summed E-state index contributed by atoms with van der Waals surface area (Å²) >= 11 is 0. The molecule has 2 atom stereocenters. The van der Waals surface area contributed by atoms with Gasteiger partial charge in [0.25, 0.3) is 0 Å². The third-order valence-corrected chi connectivity index (χ3v) is 3.02. The van der Waals surface area contributed by atoms with E-state index in [9.17, 15) is 14.5 Å². The summed E-state index contributed by atoms with van der Waals surface area (Å²) in [5.41, 5.74) is 0.714. The lowest BCUT2D eigenvalue weighted by molar-refractivity contribution is -0.521. The van der Waals surface area contributed by atoms with E-state index in [0.29, 0.717) is 18.7 Å². The number of likely N-dealkylation sites (tertiary alicyclic amines) is 1. The van der Waals surface area contributed by atoms with E-state index in [1.807, 2.05) is 11.9 Å². The molecule has 1 aliphatic rings. The molecule has 1 heterocycles. The van der Waals surface area contributed by atoms with Gasteiger partial charge in [0.2, 0.25) is 6.04 Å². The van der Waals surface area contributed by atoms with Gasteiger partial charge in [0.1, 0.15) is 5.82 Å². The average molecular weight is 224 g/mol. The van der Waals surface area contributed by atoms with E-state index in [4.69, 9.17) is 0 Å². The van der Waals surface area contributed by atoms with Gasteiger partial charge in [-0.25, -0.2) is 4.39 Å². The second-order valence-corrected chi connectivity index (χ2v) is 4.24. The lowest BCUT2D eigenvalue weighted by Gasteiger charge is -2.12. The van der Waals surface area contributed by atoms with Crippen LogP contribution in [-0.4, -0.2) is 36.0 Å². The van der Waals surface area contributed by atoms with Crippen molar-refractivity contribution in [3.63, 3.8) is 0 Å². The predicted molar refractivity (Wildman–Crippen MR) is 57.4 cm³/mol. The van der Waals surface area contributed by atoms with E-state index in [-0.39, 0.29) is 16.7 Å². The Morgan fingerprint density at radius 3 is 2.88 bits per heavy atom. The Labute approximate surface area is 92.8 Å². The van der Waals surface area contributed by atoms with Crippen LogP contribution in [0.1, 0.15) is 11.5 Å². The van der Waals surface area contributed by atoms with Gasteiger partial charge >= 0.3 is 0 Å². The molecule has 1 aromatic rings. The Morgan fingerprint density at radius 1 is 1.50 bits per heavy atom. The SMILES string of the molecule is CN1CC(c2cccc(F)c2)C([N+](=O)[O-])C1. The van der Waals surface area contributed by atoms with Crippen LogP contribution < -0.4 is 0 Å². The minimum atomic E-state index is -0.633. The molecular weight excluding hydrogens is 211 g/mol. The number of hydrogen-bond acceptors (Lipinski definition) is 3. The highest BCUT2D eigenvalue weighted by molar-refractivity contribution is 5.23. The van der Waals surface area contributed by atoms with Crippen molar-refractivity contribution in [3.05, 3.63) is 45.8 Å². The number of rotatable bonds is 2. The number of hydrogen-bond donors (Lipinski definition) is 0. The maximum atomic E-state index is 13.1. The molecule has 16 heavy (non-hydrogen) atoms. The molecule has 1 fully saturated rings. The summed E-state index contributed by atoms with van der Waals surface area (Å²) in [6, 6.07) is 5.46. The van der Waals surface area contributed by atoms with Crippen LogP contribution >= 0.6 is 0 Å². The average Bonchev–Trinajstić information content (AvgIpc) is 2.60. The number of nitrogens with zero attached hydrogens (tertiary/aromatic N) is 2. The fourth-order valence-electron chi connectivity index (χ4n) is 2.26. The van der Waals surface area contributed by atoms with Crippen LogP contribution in [0.5, 0.6) is 0 Å². The fraction of sp³-hybridized carbons (Fsp3) is 0.455. The minimum absolute atomic E-state index is 0.212. The van der Waals surface area contributed by atoms with E-state index in [2.05, 4.69) is 0 Å². The third-order valence-electron chi connectivity index (χ3n) is 3.02. The van der Waals surface area contributed by atoms with Crippen molar-refractivity contribution in [2.45, 2.75) is 12.0 Å². The molecule has 0 amide bonds. The van der Waals surface area contributed by atoms with Crippen LogP contribution in [-0.2, 0) is 0 Å². The van der Waals surface area contributed by atoms with E-state index in [1.165, 1.54) is 12.1 Å². The van der Waals surface area contributed by atoms with Crippen molar-refractivity contribution in [2.24, 2.45) is 0 Å². The van der Waals surface area contributed by atoms with E-state index in [0.717, 1.165) is 0 Å². The molecule has 1 saturated heterocycles. The van der Waals surface area contributed by atoms with Crippen LogP contribution in [0.25, 0.3) is 0 Å². The molecule has 0 radical (unpaired) electrons. The first-order chi connectivity index (χ1) is 7.58. The van der Waals surface area contributed by atoms with E-state index in [1.54, 1.807) is 12.1 Å². The van der Waals surface area contributed by atoms with Gasteiger partial charge in [-0.1, -0.05) is 12.1 Å². The molecule has 0 aromatic heterocycles. The quantitative estimate of drug-likeness (QED) is 0.565. The molecule has 2 unspecified atom stereocenters. The monoisotopic (exact) mass is 224 g/mol. The summed E-state index contributed by atoms with van der Waals surface area (Å²) in [5.74, 6) is -0.551. The Hall–Kier alpha value is -1.49. The molecule has 0 spiro atoms.